The van der Waals surface area contributed by atoms with Crippen LogP contribution in [0.5, 0.6) is 0 Å². The zero-order chi connectivity index (χ0) is 21.3. The number of carbonyl (C=O) groups is 1. The molecule has 1 atom stereocenters. The number of amides is 1. The molecule has 0 saturated carbocycles. The van der Waals surface area contributed by atoms with Crippen LogP contribution in [0, 0.1) is 6.92 Å². The number of rotatable bonds is 3. The van der Waals surface area contributed by atoms with Gasteiger partial charge in [0.05, 0.1) is 17.9 Å². The molecule has 3 aromatic rings. The molecule has 4 rings (SSSR count). The number of benzene rings is 2. The van der Waals surface area contributed by atoms with E-state index < -0.39 is 5.60 Å². The SMILES string of the molecule is Cc1ccc(-c2cnc([C@@H]3CCCN3C(=O)OC(C)(C)C)[nH]2)cc1-c1ccccc1. The average molecular weight is 404 g/mol. The average Bonchev–Trinajstić information content (AvgIpc) is 3.37. The molecule has 1 aromatic heterocycles. The summed E-state index contributed by atoms with van der Waals surface area (Å²) in [5.74, 6) is 0.815. The summed E-state index contributed by atoms with van der Waals surface area (Å²) in [6, 6.07) is 16.8. The van der Waals surface area contributed by atoms with Crippen molar-refractivity contribution in [1.29, 1.82) is 0 Å². The van der Waals surface area contributed by atoms with Gasteiger partial charge in [-0.15, -0.1) is 0 Å². The van der Waals surface area contributed by atoms with Crippen LogP contribution >= 0.6 is 0 Å². The summed E-state index contributed by atoms with van der Waals surface area (Å²) in [5.41, 5.74) is 5.17. The number of hydrogen-bond acceptors (Lipinski definition) is 3. The van der Waals surface area contributed by atoms with E-state index in [0.717, 1.165) is 29.9 Å². The van der Waals surface area contributed by atoms with Crippen molar-refractivity contribution in [1.82, 2.24) is 14.9 Å². The second kappa shape index (κ2) is 7.98. The second-order valence-electron chi connectivity index (χ2n) is 8.91. The first-order chi connectivity index (χ1) is 14.3. The predicted octanol–water partition coefficient (Wildman–Crippen LogP) is 6.12. The monoisotopic (exact) mass is 403 g/mol. The largest absolute Gasteiger partial charge is 0.444 e. The lowest BCUT2D eigenvalue weighted by Crippen LogP contribution is -2.36. The van der Waals surface area contributed by atoms with Crippen molar-refractivity contribution in [3.05, 3.63) is 66.1 Å². The van der Waals surface area contributed by atoms with Gasteiger partial charge in [0.1, 0.15) is 11.4 Å². The standard InChI is InChI=1S/C25H29N3O2/c1-17-12-13-19(15-20(17)18-9-6-5-7-10-18)21-16-26-23(27-21)22-11-8-14-28(22)24(29)30-25(2,3)4/h5-7,9-10,12-13,15-16,22H,8,11,14H2,1-4H3,(H,26,27)/t22-/m0/s1. The van der Waals surface area contributed by atoms with Crippen molar-refractivity contribution in [3.8, 4) is 22.4 Å². The number of carbonyl (C=O) groups excluding carboxylic acids is 1. The minimum absolute atomic E-state index is 0.0763. The molecule has 2 aromatic carbocycles. The minimum Gasteiger partial charge on any atom is -0.444 e. The maximum absolute atomic E-state index is 12.6. The molecular formula is C25H29N3O2. The number of likely N-dealkylation sites (tertiary alicyclic amines) is 1. The Kier molecular flexibility index (Phi) is 5.37. The molecule has 2 heterocycles. The minimum atomic E-state index is -0.506. The van der Waals surface area contributed by atoms with Crippen molar-refractivity contribution in [3.63, 3.8) is 0 Å². The lowest BCUT2D eigenvalue weighted by Gasteiger charge is -2.27. The van der Waals surface area contributed by atoms with Gasteiger partial charge in [0, 0.05) is 12.1 Å². The lowest BCUT2D eigenvalue weighted by atomic mass is 9.97. The van der Waals surface area contributed by atoms with Gasteiger partial charge in [0.2, 0.25) is 0 Å². The van der Waals surface area contributed by atoms with E-state index in [-0.39, 0.29) is 12.1 Å². The molecule has 5 nitrogen and oxygen atoms in total. The zero-order valence-electron chi connectivity index (χ0n) is 18.1. The van der Waals surface area contributed by atoms with Crippen molar-refractivity contribution >= 4 is 6.09 Å². The number of imidazole rings is 1. The quantitative estimate of drug-likeness (QED) is 0.573. The molecule has 0 spiro atoms. The Balaban J connectivity index is 1.59. The highest BCUT2D eigenvalue weighted by atomic mass is 16.6. The van der Waals surface area contributed by atoms with E-state index in [0.29, 0.717) is 6.54 Å². The van der Waals surface area contributed by atoms with E-state index in [1.54, 1.807) is 4.90 Å². The Morgan fingerprint density at radius 2 is 1.90 bits per heavy atom. The Labute approximate surface area is 178 Å². The number of hydrogen-bond donors (Lipinski definition) is 1. The van der Waals surface area contributed by atoms with E-state index in [1.165, 1.54) is 16.7 Å². The van der Waals surface area contributed by atoms with Crippen LogP contribution in [0.2, 0.25) is 0 Å². The summed E-state index contributed by atoms with van der Waals surface area (Å²) in [5, 5.41) is 0. The van der Waals surface area contributed by atoms with Gasteiger partial charge in [-0.25, -0.2) is 9.78 Å². The molecule has 1 N–H and O–H groups in total. The topological polar surface area (TPSA) is 58.2 Å². The third kappa shape index (κ3) is 4.25. The van der Waals surface area contributed by atoms with E-state index in [4.69, 9.17) is 4.74 Å². The fraction of sp³-hybridized carbons (Fsp3) is 0.360. The number of nitrogens with one attached hydrogen (secondary N) is 1. The Morgan fingerprint density at radius 3 is 2.63 bits per heavy atom. The first kappa shape index (κ1) is 20.2. The van der Waals surface area contributed by atoms with E-state index in [2.05, 4.69) is 59.4 Å². The maximum Gasteiger partial charge on any atom is 0.410 e. The summed E-state index contributed by atoms with van der Waals surface area (Å²) in [4.78, 5) is 22.5. The number of aryl methyl sites for hydroxylation is 1. The van der Waals surface area contributed by atoms with Gasteiger partial charge < -0.3 is 9.72 Å². The van der Waals surface area contributed by atoms with Gasteiger partial charge in [0.15, 0.2) is 0 Å². The normalized spacial score (nSPS) is 16.7. The summed E-state index contributed by atoms with van der Waals surface area (Å²) in [7, 11) is 0. The van der Waals surface area contributed by atoms with Crippen molar-refractivity contribution in [2.24, 2.45) is 0 Å². The Morgan fingerprint density at radius 1 is 1.13 bits per heavy atom. The van der Waals surface area contributed by atoms with Gasteiger partial charge in [-0.2, -0.15) is 0 Å². The molecule has 156 valence electrons. The van der Waals surface area contributed by atoms with E-state index >= 15 is 0 Å². The smallest absolute Gasteiger partial charge is 0.410 e. The van der Waals surface area contributed by atoms with Gasteiger partial charge in [-0.3, -0.25) is 4.90 Å². The molecule has 1 aliphatic rings. The Hall–Kier alpha value is -3.08. The zero-order valence-corrected chi connectivity index (χ0v) is 18.1. The Bertz CT molecular complexity index is 1030. The molecule has 30 heavy (non-hydrogen) atoms. The summed E-state index contributed by atoms with van der Waals surface area (Å²) < 4.78 is 5.59. The second-order valence-corrected chi connectivity index (χ2v) is 8.91. The molecule has 0 bridgehead atoms. The highest BCUT2D eigenvalue weighted by Gasteiger charge is 2.34. The number of aromatic nitrogens is 2. The van der Waals surface area contributed by atoms with Gasteiger partial charge in [-0.1, -0.05) is 42.5 Å². The van der Waals surface area contributed by atoms with Crippen LogP contribution in [0.3, 0.4) is 0 Å². The van der Waals surface area contributed by atoms with Crippen molar-refractivity contribution in [2.45, 2.75) is 52.2 Å². The van der Waals surface area contributed by atoms with Crippen LogP contribution in [-0.2, 0) is 4.74 Å². The van der Waals surface area contributed by atoms with Crippen molar-refractivity contribution in [2.75, 3.05) is 6.54 Å². The van der Waals surface area contributed by atoms with Crippen LogP contribution in [-0.4, -0.2) is 33.1 Å². The molecule has 1 fully saturated rings. The highest BCUT2D eigenvalue weighted by Crippen LogP contribution is 2.34. The molecular weight excluding hydrogens is 374 g/mol. The van der Waals surface area contributed by atoms with Crippen LogP contribution in [0.15, 0.2) is 54.7 Å². The van der Waals surface area contributed by atoms with Gasteiger partial charge in [0.25, 0.3) is 0 Å². The molecule has 1 aliphatic heterocycles. The highest BCUT2D eigenvalue weighted by molar-refractivity contribution is 5.74. The first-order valence-electron chi connectivity index (χ1n) is 10.5. The van der Waals surface area contributed by atoms with Gasteiger partial charge >= 0.3 is 6.09 Å². The third-order valence-electron chi connectivity index (χ3n) is 5.43. The fourth-order valence-corrected chi connectivity index (χ4v) is 3.96. The maximum atomic E-state index is 12.6. The fourth-order valence-electron chi connectivity index (χ4n) is 3.96. The van der Waals surface area contributed by atoms with Crippen LogP contribution < -0.4 is 0 Å². The molecule has 5 heteroatoms. The number of ether oxygens (including phenoxy) is 1. The van der Waals surface area contributed by atoms with Crippen molar-refractivity contribution < 1.29 is 9.53 Å². The van der Waals surface area contributed by atoms with E-state index in [1.807, 2.05) is 33.0 Å². The number of H-pyrrole nitrogens is 1. The van der Waals surface area contributed by atoms with Crippen LogP contribution in [0.1, 0.15) is 51.0 Å². The summed E-state index contributed by atoms with van der Waals surface area (Å²) in [6.07, 6.45) is 3.42. The lowest BCUT2D eigenvalue weighted by molar-refractivity contribution is 0.0218. The number of aromatic amines is 1. The first-order valence-corrected chi connectivity index (χ1v) is 10.5. The van der Waals surface area contributed by atoms with E-state index in [9.17, 15) is 4.79 Å². The molecule has 1 amide bonds. The number of nitrogens with zero attached hydrogens (tertiary/aromatic N) is 2. The van der Waals surface area contributed by atoms with Gasteiger partial charge in [-0.05, 0) is 63.3 Å². The molecule has 0 unspecified atom stereocenters. The summed E-state index contributed by atoms with van der Waals surface area (Å²) >= 11 is 0. The molecule has 0 aliphatic carbocycles. The third-order valence-corrected chi connectivity index (χ3v) is 5.43. The molecule has 1 saturated heterocycles. The predicted molar refractivity (Wildman–Crippen MR) is 119 cm³/mol. The van der Waals surface area contributed by atoms with Crippen LogP contribution in [0.4, 0.5) is 4.79 Å². The molecule has 0 radical (unpaired) electrons. The van der Waals surface area contributed by atoms with Crippen LogP contribution in [0.25, 0.3) is 22.4 Å². The summed E-state index contributed by atoms with van der Waals surface area (Å²) in [6.45, 7) is 8.49.